The van der Waals surface area contributed by atoms with Gasteiger partial charge in [-0.25, -0.2) is 4.98 Å². The minimum absolute atomic E-state index is 0.0361. The molecule has 0 aromatic carbocycles. The minimum Gasteiger partial charge on any atom is -0.367 e. The fourth-order valence-corrected chi connectivity index (χ4v) is 1.52. The van der Waals surface area contributed by atoms with Crippen LogP contribution >= 0.6 is 0 Å². The first kappa shape index (κ1) is 12.5. The van der Waals surface area contributed by atoms with Crippen molar-refractivity contribution in [1.29, 1.82) is 0 Å². The molecule has 16 heavy (non-hydrogen) atoms. The molecule has 0 spiro atoms. The Hall–Kier alpha value is -1.58. The second kappa shape index (κ2) is 6.10. The summed E-state index contributed by atoms with van der Waals surface area (Å²) in [5, 5.41) is 5.87. The Morgan fingerprint density at radius 1 is 1.56 bits per heavy atom. The Labute approximate surface area is 96.5 Å². The molecular weight excluding hydrogens is 202 g/mol. The summed E-state index contributed by atoms with van der Waals surface area (Å²) < 4.78 is 0. The largest absolute Gasteiger partial charge is 0.367 e. The summed E-state index contributed by atoms with van der Waals surface area (Å²) in [6.07, 6.45) is 3.15. The molecule has 0 saturated carbocycles. The van der Waals surface area contributed by atoms with E-state index in [1.807, 2.05) is 19.1 Å². The first-order valence-corrected chi connectivity index (χ1v) is 5.58. The van der Waals surface area contributed by atoms with Crippen LogP contribution in [0.25, 0.3) is 0 Å². The van der Waals surface area contributed by atoms with Gasteiger partial charge >= 0.3 is 0 Å². The molecule has 1 heterocycles. The van der Waals surface area contributed by atoms with Gasteiger partial charge in [0.05, 0.1) is 0 Å². The molecule has 0 aliphatic carbocycles. The van der Waals surface area contributed by atoms with Crippen LogP contribution in [0.4, 0.5) is 5.82 Å². The quantitative estimate of drug-likeness (QED) is 0.793. The molecule has 1 unspecified atom stereocenters. The van der Waals surface area contributed by atoms with E-state index in [0.29, 0.717) is 6.42 Å². The van der Waals surface area contributed by atoms with Crippen molar-refractivity contribution < 1.29 is 4.79 Å². The number of anilines is 1. The molecule has 1 aromatic heterocycles. The molecule has 0 aliphatic heterocycles. The van der Waals surface area contributed by atoms with Crippen molar-refractivity contribution in [2.24, 2.45) is 0 Å². The Bertz CT molecular complexity index is 352. The summed E-state index contributed by atoms with van der Waals surface area (Å²) in [4.78, 5) is 15.5. The zero-order valence-electron chi connectivity index (χ0n) is 10.1. The van der Waals surface area contributed by atoms with E-state index >= 15 is 0 Å². The molecule has 1 amide bonds. The number of hydrogen-bond acceptors (Lipinski definition) is 3. The summed E-state index contributed by atoms with van der Waals surface area (Å²) >= 11 is 0. The van der Waals surface area contributed by atoms with E-state index in [1.165, 1.54) is 5.56 Å². The normalized spacial score (nSPS) is 11.9. The molecule has 1 aromatic rings. The summed E-state index contributed by atoms with van der Waals surface area (Å²) in [5.74, 6) is 0.912. The number of carbonyl (C=O) groups excluding carboxylic acids is 1. The van der Waals surface area contributed by atoms with Gasteiger partial charge < -0.3 is 10.6 Å². The lowest BCUT2D eigenvalue weighted by Crippen LogP contribution is -2.27. The highest BCUT2D eigenvalue weighted by molar-refractivity contribution is 5.76. The lowest BCUT2D eigenvalue weighted by atomic mass is 10.1. The first-order chi connectivity index (χ1) is 7.67. The smallest absolute Gasteiger partial charge is 0.221 e. The monoisotopic (exact) mass is 221 g/mol. The van der Waals surface area contributed by atoms with Crippen molar-refractivity contribution in [1.82, 2.24) is 10.3 Å². The molecule has 0 bridgehead atoms. The molecule has 0 fully saturated rings. The molecule has 0 saturated heterocycles. The Kier molecular flexibility index (Phi) is 4.76. The number of nitrogens with one attached hydrogen (secondary N) is 2. The van der Waals surface area contributed by atoms with Crippen molar-refractivity contribution in [2.75, 3.05) is 12.4 Å². The fourth-order valence-electron chi connectivity index (χ4n) is 1.52. The van der Waals surface area contributed by atoms with Gasteiger partial charge in [0.2, 0.25) is 5.91 Å². The highest BCUT2D eigenvalue weighted by Crippen LogP contribution is 2.13. The second-order valence-electron chi connectivity index (χ2n) is 3.79. The number of pyridine rings is 1. The zero-order valence-corrected chi connectivity index (χ0v) is 10.1. The number of aryl methyl sites for hydroxylation is 1. The van der Waals surface area contributed by atoms with Crippen molar-refractivity contribution in [3.8, 4) is 0 Å². The zero-order chi connectivity index (χ0) is 12.0. The summed E-state index contributed by atoms with van der Waals surface area (Å²) in [5.41, 5.74) is 1.17. The lowest BCUT2D eigenvalue weighted by Gasteiger charge is -2.15. The van der Waals surface area contributed by atoms with Gasteiger partial charge in [-0.15, -0.1) is 0 Å². The number of rotatable bonds is 5. The second-order valence-corrected chi connectivity index (χ2v) is 3.79. The average molecular weight is 221 g/mol. The number of hydrogen-bond donors (Lipinski definition) is 2. The van der Waals surface area contributed by atoms with E-state index in [1.54, 1.807) is 13.2 Å². The van der Waals surface area contributed by atoms with Gasteiger partial charge in [0, 0.05) is 25.7 Å². The molecule has 4 nitrogen and oxygen atoms in total. The van der Waals surface area contributed by atoms with Crippen LogP contribution in [0.15, 0.2) is 18.3 Å². The predicted octanol–water partition coefficient (Wildman–Crippen LogP) is 1.58. The third kappa shape index (κ3) is 3.53. The van der Waals surface area contributed by atoms with Crippen LogP contribution in [0.5, 0.6) is 0 Å². The van der Waals surface area contributed by atoms with Crippen LogP contribution in [-0.2, 0) is 11.2 Å². The molecule has 2 N–H and O–H groups in total. The van der Waals surface area contributed by atoms with E-state index in [2.05, 4.69) is 22.5 Å². The van der Waals surface area contributed by atoms with E-state index in [0.717, 1.165) is 12.2 Å². The lowest BCUT2D eigenvalue weighted by molar-refractivity contribution is -0.120. The van der Waals surface area contributed by atoms with Gasteiger partial charge in [0.15, 0.2) is 0 Å². The third-order valence-corrected chi connectivity index (χ3v) is 2.43. The SMILES string of the molecule is CCc1cccnc1NC(C)CC(=O)NC. The summed E-state index contributed by atoms with van der Waals surface area (Å²) in [6, 6.07) is 4.05. The molecule has 0 aliphatic rings. The molecule has 4 heteroatoms. The van der Waals surface area contributed by atoms with Crippen molar-refractivity contribution in [3.63, 3.8) is 0 Å². The highest BCUT2D eigenvalue weighted by Gasteiger charge is 2.09. The Morgan fingerprint density at radius 2 is 2.31 bits per heavy atom. The maximum Gasteiger partial charge on any atom is 0.221 e. The van der Waals surface area contributed by atoms with E-state index < -0.39 is 0 Å². The summed E-state index contributed by atoms with van der Waals surface area (Å²) in [6.45, 7) is 4.06. The molecule has 88 valence electrons. The Morgan fingerprint density at radius 3 is 2.94 bits per heavy atom. The number of aromatic nitrogens is 1. The van der Waals surface area contributed by atoms with Crippen LogP contribution in [0, 0.1) is 0 Å². The topological polar surface area (TPSA) is 54.0 Å². The fraction of sp³-hybridized carbons (Fsp3) is 0.500. The van der Waals surface area contributed by atoms with E-state index in [4.69, 9.17) is 0 Å². The molecule has 1 atom stereocenters. The summed E-state index contributed by atoms with van der Waals surface area (Å²) in [7, 11) is 1.65. The van der Waals surface area contributed by atoms with Gasteiger partial charge in [-0.1, -0.05) is 13.0 Å². The van der Waals surface area contributed by atoms with Crippen LogP contribution in [0.2, 0.25) is 0 Å². The average Bonchev–Trinajstić information content (AvgIpc) is 2.29. The number of carbonyl (C=O) groups is 1. The van der Waals surface area contributed by atoms with Crippen LogP contribution < -0.4 is 10.6 Å². The maximum absolute atomic E-state index is 11.2. The van der Waals surface area contributed by atoms with Gasteiger partial charge in [-0.2, -0.15) is 0 Å². The van der Waals surface area contributed by atoms with Gasteiger partial charge in [-0.05, 0) is 25.0 Å². The number of amides is 1. The minimum atomic E-state index is 0.0361. The van der Waals surface area contributed by atoms with Crippen molar-refractivity contribution in [2.45, 2.75) is 32.7 Å². The van der Waals surface area contributed by atoms with Crippen LogP contribution in [0.1, 0.15) is 25.8 Å². The van der Waals surface area contributed by atoms with E-state index in [-0.39, 0.29) is 11.9 Å². The van der Waals surface area contributed by atoms with Gasteiger partial charge in [-0.3, -0.25) is 4.79 Å². The standard InChI is InChI=1S/C12H19N3O/c1-4-10-6-5-7-14-12(10)15-9(2)8-11(16)13-3/h5-7,9H,4,8H2,1-3H3,(H,13,16)(H,14,15). The highest BCUT2D eigenvalue weighted by atomic mass is 16.1. The molecular formula is C12H19N3O. The number of nitrogens with zero attached hydrogens (tertiary/aromatic N) is 1. The molecule has 1 rings (SSSR count). The van der Waals surface area contributed by atoms with E-state index in [9.17, 15) is 4.79 Å². The first-order valence-electron chi connectivity index (χ1n) is 5.58. The maximum atomic E-state index is 11.2. The van der Waals surface area contributed by atoms with Crippen molar-refractivity contribution >= 4 is 11.7 Å². The van der Waals surface area contributed by atoms with Crippen LogP contribution in [-0.4, -0.2) is 24.0 Å². The molecule has 0 radical (unpaired) electrons. The Balaban J connectivity index is 2.61. The van der Waals surface area contributed by atoms with Gasteiger partial charge in [0.25, 0.3) is 0 Å². The van der Waals surface area contributed by atoms with Crippen LogP contribution in [0.3, 0.4) is 0 Å². The third-order valence-electron chi connectivity index (χ3n) is 2.43. The van der Waals surface area contributed by atoms with Crippen molar-refractivity contribution in [3.05, 3.63) is 23.9 Å². The van der Waals surface area contributed by atoms with Gasteiger partial charge in [0.1, 0.15) is 5.82 Å². The predicted molar refractivity (Wildman–Crippen MR) is 65.4 cm³/mol.